The molecule has 0 saturated carbocycles. The van der Waals surface area contributed by atoms with Crippen molar-refractivity contribution in [1.29, 1.82) is 0 Å². The van der Waals surface area contributed by atoms with E-state index in [1.54, 1.807) is 13.0 Å². The van der Waals surface area contributed by atoms with Crippen LogP contribution in [0.15, 0.2) is 41.5 Å². The Morgan fingerprint density at radius 1 is 1.22 bits per heavy atom. The number of hydrogen-bond donors (Lipinski definition) is 2. The molecule has 0 fully saturated rings. The van der Waals surface area contributed by atoms with E-state index in [4.69, 9.17) is 26.4 Å². The number of carbonyl (C=O) groups excluding carboxylic acids is 1. The van der Waals surface area contributed by atoms with E-state index in [9.17, 15) is 4.79 Å². The fourth-order valence-electron chi connectivity index (χ4n) is 3.41. The van der Waals surface area contributed by atoms with E-state index in [2.05, 4.69) is 21.9 Å². The zero-order chi connectivity index (χ0) is 23.3. The molecular formula is C24H29N3O4S. The lowest BCUT2D eigenvalue weighted by atomic mass is 9.92. The molecule has 0 unspecified atom stereocenters. The lowest BCUT2D eigenvalue weighted by Gasteiger charge is -2.33. The molecule has 0 aromatic heterocycles. The predicted octanol–water partition coefficient (Wildman–Crippen LogP) is 4.50. The van der Waals surface area contributed by atoms with Gasteiger partial charge in [-0.3, -0.25) is 5.43 Å². The van der Waals surface area contributed by atoms with Crippen LogP contribution in [-0.2, 0) is 9.53 Å². The average molecular weight is 456 g/mol. The number of benzene rings is 2. The van der Waals surface area contributed by atoms with Gasteiger partial charge in [0.05, 0.1) is 12.3 Å². The molecule has 0 radical (unpaired) electrons. The van der Waals surface area contributed by atoms with Crippen molar-refractivity contribution in [2.24, 2.45) is 5.10 Å². The molecule has 0 amide bonds. The SMILES string of the molecule is CCOC(=O)COc1ccc2c(c1)/C(=N/NC(=S)Nc1ccc(C)cc1C)CC(C)(C)O2. The summed E-state index contributed by atoms with van der Waals surface area (Å²) in [6, 6.07) is 11.5. The Morgan fingerprint density at radius 3 is 2.72 bits per heavy atom. The topological polar surface area (TPSA) is 81.2 Å². The van der Waals surface area contributed by atoms with Gasteiger partial charge in [-0.15, -0.1) is 0 Å². The fraction of sp³-hybridized carbons (Fsp3) is 0.375. The first kappa shape index (κ1) is 23.5. The molecule has 0 atom stereocenters. The molecule has 1 heterocycles. The first-order valence-electron chi connectivity index (χ1n) is 10.5. The molecule has 1 aliphatic heterocycles. The van der Waals surface area contributed by atoms with Crippen LogP contribution in [0.1, 0.15) is 43.9 Å². The van der Waals surface area contributed by atoms with Crippen LogP contribution in [0.3, 0.4) is 0 Å². The molecule has 170 valence electrons. The fourth-order valence-corrected chi connectivity index (χ4v) is 3.57. The van der Waals surface area contributed by atoms with Crippen LogP contribution in [0, 0.1) is 13.8 Å². The van der Waals surface area contributed by atoms with Crippen molar-refractivity contribution < 1.29 is 19.0 Å². The highest BCUT2D eigenvalue weighted by molar-refractivity contribution is 7.80. The second kappa shape index (κ2) is 9.99. The molecule has 0 aliphatic carbocycles. The zero-order valence-corrected chi connectivity index (χ0v) is 19.9. The van der Waals surface area contributed by atoms with Gasteiger partial charge in [0.2, 0.25) is 0 Å². The number of thiocarbonyl (C=S) groups is 1. The van der Waals surface area contributed by atoms with Crippen LogP contribution in [-0.4, -0.2) is 35.6 Å². The molecule has 2 N–H and O–H groups in total. The summed E-state index contributed by atoms with van der Waals surface area (Å²) in [6.45, 7) is 9.99. The van der Waals surface area contributed by atoms with E-state index in [-0.39, 0.29) is 6.61 Å². The Kier molecular flexibility index (Phi) is 7.35. The molecule has 32 heavy (non-hydrogen) atoms. The number of hydrazone groups is 1. The van der Waals surface area contributed by atoms with Gasteiger partial charge in [-0.1, -0.05) is 17.7 Å². The largest absolute Gasteiger partial charge is 0.487 e. The number of hydrogen-bond acceptors (Lipinski definition) is 6. The van der Waals surface area contributed by atoms with Crippen LogP contribution in [0.2, 0.25) is 0 Å². The predicted molar refractivity (Wildman–Crippen MR) is 130 cm³/mol. The number of ether oxygens (including phenoxy) is 3. The zero-order valence-electron chi connectivity index (χ0n) is 19.1. The van der Waals surface area contributed by atoms with Crippen LogP contribution >= 0.6 is 12.2 Å². The molecule has 1 aliphatic rings. The smallest absolute Gasteiger partial charge is 0.344 e. The Morgan fingerprint density at radius 2 is 2.00 bits per heavy atom. The van der Waals surface area contributed by atoms with Crippen molar-refractivity contribution in [3.8, 4) is 11.5 Å². The van der Waals surface area contributed by atoms with Gasteiger partial charge in [0, 0.05) is 17.7 Å². The number of anilines is 1. The molecule has 0 bridgehead atoms. The molecular weight excluding hydrogens is 426 g/mol. The molecule has 7 nitrogen and oxygen atoms in total. The first-order chi connectivity index (χ1) is 15.2. The average Bonchev–Trinajstić information content (AvgIpc) is 2.72. The third-order valence-corrected chi connectivity index (χ3v) is 5.02. The van der Waals surface area contributed by atoms with Gasteiger partial charge in [0.15, 0.2) is 11.7 Å². The standard InChI is InChI=1S/C24H29N3O4S/c1-6-29-22(28)14-30-17-8-10-21-18(12-17)20(13-24(4,5)31-21)26-27-23(32)25-19-9-7-15(2)11-16(19)3/h7-12H,6,13-14H2,1-5H3,(H2,25,27,32)/b26-20+. The van der Waals surface area contributed by atoms with E-state index in [1.165, 1.54) is 5.56 Å². The molecule has 2 aromatic rings. The van der Waals surface area contributed by atoms with Crippen molar-refractivity contribution in [3.05, 3.63) is 53.1 Å². The Labute approximate surface area is 194 Å². The van der Waals surface area contributed by atoms with E-state index in [0.29, 0.717) is 29.6 Å². The third kappa shape index (κ3) is 6.20. The van der Waals surface area contributed by atoms with Gasteiger partial charge in [0.1, 0.15) is 17.1 Å². The molecule has 3 rings (SSSR count). The normalized spacial score (nSPS) is 15.3. The van der Waals surface area contributed by atoms with Gasteiger partial charge < -0.3 is 19.5 Å². The summed E-state index contributed by atoms with van der Waals surface area (Å²) in [5, 5.41) is 8.14. The molecule has 2 aromatic carbocycles. The summed E-state index contributed by atoms with van der Waals surface area (Å²) in [5.74, 6) is 0.809. The van der Waals surface area contributed by atoms with Gasteiger partial charge in [0.25, 0.3) is 0 Å². The highest BCUT2D eigenvalue weighted by Gasteiger charge is 2.31. The minimum absolute atomic E-state index is 0.159. The Bertz CT molecular complexity index is 1050. The summed E-state index contributed by atoms with van der Waals surface area (Å²) in [7, 11) is 0. The summed E-state index contributed by atoms with van der Waals surface area (Å²) < 4.78 is 16.6. The monoisotopic (exact) mass is 455 g/mol. The van der Waals surface area contributed by atoms with Crippen molar-refractivity contribution in [3.63, 3.8) is 0 Å². The third-order valence-electron chi connectivity index (χ3n) is 4.83. The maximum absolute atomic E-state index is 11.6. The van der Waals surface area contributed by atoms with Crippen LogP contribution in [0.25, 0.3) is 0 Å². The molecule has 8 heteroatoms. The summed E-state index contributed by atoms with van der Waals surface area (Å²) >= 11 is 5.44. The Hall–Kier alpha value is -3.13. The van der Waals surface area contributed by atoms with Gasteiger partial charge >= 0.3 is 5.97 Å². The van der Waals surface area contributed by atoms with Crippen molar-refractivity contribution in [1.82, 2.24) is 5.43 Å². The lowest BCUT2D eigenvalue weighted by molar-refractivity contribution is -0.145. The molecule has 0 saturated heterocycles. The number of aryl methyl sites for hydroxylation is 2. The second-order valence-electron chi connectivity index (χ2n) is 8.23. The molecule has 0 spiro atoms. The quantitative estimate of drug-likeness (QED) is 0.377. The van der Waals surface area contributed by atoms with Gasteiger partial charge in [-0.25, -0.2) is 4.79 Å². The minimum Gasteiger partial charge on any atom is -0.487 e. The maximum atomic E-state index is 11.6. The van der Waals surface area contributed by atoms with Crippen molar-refractivity contribution in [2.75, 3.05) is 18.5 Å². The maximum Gasteiger partial charge on any atom is 0.344 e. The van der Waals surface area contributed by atoms with Gasteiger partial charge in [-0.05, 0) is 76.7 Å². The van der Waals surface area contributed by atoms with E-state index < -0.39 is 11.6 Å². The summed E-state index contributed by atoms with van der Waals surface area (Å²) in [4.78, 5) is 11.6. The number of fused-ring (bicyclic) bond motifs is 1. The number of rotatable bonds is 6. The number of esters is 1. The first-order valence-corrected chi connectivity index (χ1v) is 10.9. The number of nitrogens with one attached hydrogen (secondary N) is 2. The Balaban J connectivity index is 1.76. The van der Waals surface area contributed by atoms with Crippen LogP contribution in [0.4, 0.5) is 5.69 Å². The minimum atomic E-state index is -0.427. The van der Waals surface area contributed by atoms with Crippen LogP contribution < -0.4 is 20.2 Å². The summed E-state index contributed by atoms with van der Waals surface area (Å²) in [6.07, 6.45) is 0.570. The highest BCUT2D eigenvalue weighted by atomic mass is 32.1. The van der Waals surface area contributed by atoms with Crippen molar-refractivity contribution >= 4 is 34.7 Å². The van der Waals surface area contributed by atoms with Crippen LogP contribution in [0.5, 0.6) is 11.5 Å². The highest BCUT2D eigenvalue weighted by Crippen LogP contribution is 2.35. The summed E-state index contributed by atoms with van der Waals surface area (Å²) in [5.41, 5.74) is 7.30. The van der Waals surface area contributed by atoms with E-state index in [1.807, 2.05) is 52.0 Å². The van der Waals surface area contributed by atoms with E-state index in [0.717, 1.165) is 22.5 Å². The van der Waals surface area contributed by atoms with E-state index >= 15 is 0 Å². The number of carbonyl (C=O) groups is 1. The van der Waals surface area contributed by atoms with Gasteiger partial charge in [-0.2, -0.15) is 5.10 Å². The van der Waals surface area contributed by atoms with Crippen molar-refractivity contribution in [2.45, 2.75) is 46.6 Å². The lowest BCUT2D eigenvalue weighted by Crippen LogP contribution is -2.37. The second-order valence-corrected chi connectivity index (χ2v) is 8.64. The number of nitrogens with zero attached hydrogens (tertiary/aromatic N) is 1.